The molecule has 0 spiro atoms. The molecule has 0 fully saturated rings. The molecule has 4 nitrogen and oxygen atoms in total. The van der Waals surface area contributed by atoms with Crippen LogP contribution >= 0.6 is 11.6 Å². The highest BCUT2D eigenvalue weighted by molar-refractivity contribution is 6.30. The minimum Gasteiger partial charge on any atom is -0.481 e. The van der Waals surface area contributed by atoms with Crippen LogP contribution in [0, 0.1) is 0 Å². The van der Waals surface area contributed by atoms with Crippen molar-refractivity contribution in [3.8, 4) is 0 Å². The molecule has 0 bridgehead atoms. The lowest BCUT2D eigenvalue weighted by Gasteiger charge is -2.13. The fourth-order valence-corrected chi connectivity index (χ4v) is 2.77. The van der Waals surface area contributed by atoms with Crippen LogP contribution in [-0.2, 0) is 17.8 Å². The Morgan fingerprint density at radius 1 is 1.09 bits per heavy atom. The summed E-state index contributed by atoms with van der Waals surface area (Å²) in [5, 5.41) is 10.4. The van der Waals surface area contributed by atoms with Gasteiger partial charge in [-0.1, -0.05) is 41.9 Å². The maximum absolute atomic E-state index is 12.5. The maximum Gasteiger partial charge on any atom is 0.307 e. The van der Waals surface area contributed by atoms with E-state index in [1.165, 1.54) is 6.07 Å². The number of aromatic nitrogens is 1. The second kappa shape index (κ2) is 6.26. The number of nitrogens with zero attached hydrogens (tertiary/aromatic N) is 1. The van der Waals surface area contributed by atoms with Crippen molar-refractivity contribution in [1.82, 2.24) is 4.57 Å². The molecule has 0 radical (unpaired) electrons. The highest BCUT2D eigenvalue weighted by Gasteiger charge is 2.11. The molecule has 0 aliphatic carbocycles. The Morgan fingerprint density at radius 2 is 1.78 bits per heavy atom. The number of halogens is 1. The number of hydrogen-bond donors (Lipinski definition) is 1. The van der Waals surface area contributed by atoms with E-state index >= 15 is 0 Å². The van der Waals surface area contributed by atoms with Gasteiger partial charge < -0.3 is 9.67 Å². The number of para-hydroxylation sites is 1. The van der Waals surface area contributed by atoms with Crippen molar-refractivity contribution in [1.29, 1.82) is 0 Å². The van der Waals surface area contributed by atoms with Crippen molar-refractivity contribution >= 4 is 28.5 Å². The SMILES string of the molecule is O=C(O)Cc1cc(=O)n(Cc2ccc(Cl)cc2)c2ccccc12. The lowest BCUT2D eigenvalue weighted by molar-refractivity contribution is -0.136. The molecule has 2 aromatic carbocycles. The molecular weight excluding hydrogens is 314 g/mol. The van der Waals surface area contributed by atoms with Crippen molar-refractivity contribution in [2.24, 2.45) is 0 Å². The maximum atomic E-state index is 12.5. The zero-order valence-electron chi connectivity index (χ0n) is 12.2. The predicted molar refractivity (Wildman–Crippen MR) is 90.1 cm³/mol. The Bertz CT molecular complexity index is 929. The molecule has 5 heteroatoms. The third-order valence-electron chi connectivity index (χ3n) is 3.70. The van der Waals surface area contributed by atoms with Gasteiger partial charge in [-0.25, -0.2) is 0 Å². The number of rotatable bonds is 4. The van der Waals surface area contributed by atoms with Crippen LogP contribution in [0.5, 0.6) is 0 Å². The van der Waals surface area contributed by atoms with Gasteiger partial charge >= 0.3 is 5.97 Å². The number of carbonyl (C=O) groups is 1. The van der Waals surface area contributed by atoms with Crippen molar-refractivity contribution < 1.29 is 9.90 Å². The standard InChI is InChI=1S/C18H14ClNO3/c19-14-7-5-12(6-8-14)11-20-16-4-2-1-3-15(16)13(9-17(20)21)10-18(22)23/h1-9H,10-11H2,(H,22,23). The predicted octanol–water partition coefficient (Wildman–Crippen LogP) is 3.33. The summed E-state index contributed by atoms with van der Waals surface area (Å²) in [7, 11) is 0. The first-order valence-electron chi connectivity index (χ1n) is 7.12. The monoisotopic (exact) mass is 327 g/mol. The number of benzene rings is 2. The second-order valence-electron chi connectivity index (χ2n) is 5.31. The summed E-state index contributed by atoms with van der Waals surface area (Å²) in [6.45, 7) is 0.407. The van der Waals surface area contributed by atoms with E-state index in [1.54, 1.807) is 16.7 Å². The first kappa shape index (κ1) is 15.3. The number of aliphatic carboxylic acids is 1. The van der Waals surface area contributed by atoms with Crippen molar-refractivity contribution in [2.45, 2.75) is 13.0 Å². The van der Waals surface area contributed by atoms with Crippen molar-refractivity contribution in [3.05, 3.63) is 81.1 Å². The fraction of sp³-hybridized carbons (Fsp3) is 0.111. The zero-order chi connectivity index (χ0) is 16.4. The van der Waals surface area contributed by atoms with Crippen molar-refractivity contribution in [3.63, 3.8) is 0 Å². The van der Waals surface area contributed by atoms with Gasteiger partial charge in [0, 0.05) is 16.5 Å². The van der Waals surface area contributed by atoms with Gasteiger partial charge in [0.15, 0.2) is 0 Å². The molecule has 3 aromatic rings. The topological polar surface area (TPSA) is 59.3 Å². The van der Waals surface area contributed by atoms with E-state index in [0.29, 0.717) is 17.1 Å². The van der Waals surface area contributed by atoms with E-state index in [4.69, 9.17) is 16.7 Å². The van der Waals surface area contributed by atoms with E-state index in [2.05, 4.69) is 0 Å². The Hall–Kier alpha value is -2.59. The van der Waals surface area contributed by atoms with E-state index in [-0.39, 0.29) is 12.0 Å². The summed E-state index contributed by atoms with van der Waals surface area (Å²) in [4.78, 5) is 23.5. The van der Waals surface area contributed by atoms with E-state index in [1.807, 2.05) is 36.4 Å². The van der Waals surface area contributed by atoms with Gasteiger partial charge in [-0.2, -0.15) is 0 Å². The van der Waals surface area contributed by atoms with Crippen LogP contribution in [0.1, 0.15) is 11.1 Å². The van der Waals surface area contributed by atoms with Gasteiger partial charge in [0.2, 0.25) is 0 Å². The number of carboxylic acid groups (broad SMARTS) is 1. The summed E-state index contributed by atoms with van der Waals surface area (Å²) >= 11 is 5.89. The first-order valence-corrected chi connectivity index (χ1v) is 7.50. The minimum atomic E-state index is -0.954. The first-order chi connectivity index (χ1) is 11.0. The van der Waals surface area contributed by atoms with Crippen LogP contribution in [0.15, 0.2) is 59.4 Å². The number of pyridine rings is 1. The molecule has 1 aromatic heterocycles. The molecule has 0 unspecified atom stereocenters. The van der Waals surface area contributed by atoms with Gasteiger partial charge in [-0.15, -0.1) is 0 Å². The van der Waals surface area contributed by atoms with Crippen LogP contribution in [0.2, 0.25) is 5.02 Å². The van der Waals surface area contributed by atoms with E-state index < -0.39 is 5.97 Å². The third kappa shape index (κ3) is 3.27. The molecular formula is C18H14ClNO3. The van der Waals surface area contributed by atoms with E-state index in [0.717, 1.165) is 16.5 Å². The van der Waals surface area contributed by atoms with Crippen LogP contribution < -0.4 is 5.56 Å². The van der Waals surface area contributed by atoms with Crippen LogP contribution in [0.3, 0.4) is 0 Å². The largest absolute Gasteiger partial charge is 0.481 e. The molecule has 1 heterocycles. The summed E-state index contributed by atoms with van der Waals surface area (Å²) in [5.74, 6) is -0.954. The van der Waals surface area contributed by atoms with Gasteiger partial charge in [0.25, 0.3) is 5.56 Å². The number of carboxylic acids is 1. The Kier molecular flexibility index (Phi) is 4.17. The summed E-state index contributed by atoms with van der Waals surface area (Å²) in [6.07, 6.45) is -0.169. The normalized spacial score (nSPS) is 10.8. The molecule has 23 heavy (non-hydrogen) atoms. The number of hydrogen-bond acceptors (Lipinski definition) is 2. The smallest absolute Gasteiger partial charge is 0.307 e. The van der Waals surface area contributed by atoms with Crippen LogP contribution in [0.4, 0.5) is 0 Å². The molecule has 0 amide bonds. The molecule has 0 aliphatic rings. The molecule has 1 N–H and O–H groups in total. The van der Waals surface area contributed by atoms with Crippen LogP contribution in [-0.4, -0.2) is 15.6 Å². The molecule has 0 aliphatic heterocycles. The lowest BCUT2D eigenvalue weighted by atomic mass is 10.1. The minimum absolute atomic E-state index is 0.169. The summed E-state index contributed by atoms with van der Waals surface area (Å²) in [5.41, 5.74) is 2.00. The Labute approximate surface area is 137 Å². The van der Waals surface area contributed by atoms with Gasteiger partial charge in [0.1, 0.15) is 0 Å². The van der Waals surface area contributed by atoms with Gasteiger partial charge in [0.05, 0.1) is 18.5 Å². The van der Waals surface area contributed by atoms with Crippen molar-refractivity contribution in [2.75, 3.05) is 0 Å². The quantitative estimate of drug-likeness (QED) is 0.799. The highest BCUT2D eigenvalue weighted by atomic mass is 35.5. The molecule has 116 valence electrons. The highest BCUT2D eigenvalue weighted by Crippen LogP contribution is 2.19. The van der Waals surface area contributed by atoms with Crippen LogP contribution in [0.25, 0.3) is 10.9 Å². The Balaban J connectivity index is 2.14. The van der Waals surface area contributed by atoms with Gasteiger partial charge in [-0.3, -0.25) is 9.59 Å². The average Bonchev–Trinajstić information content (AvgIpc) is 2.52. The molecule has 0 atom stereocenters. The molecule has 0 saturated carbocycles. The molecule has 0 saturated heterocycles. The number of fused-ring (bicyclic) bond motifs is 1. The average molecular weight is 328 g/mol. The fourth-order valence-electron chi connectivity index (χ4n) is 2.65. The zero-order valence-corrected chi connectivity index (χ0v) is 13.0. The second-order valence-corrected chi connectivity index (χ2v) is 5.74. The van der Waals surface area contributed by atoms with E-state index in [9.17, 15) is 9.59 Å². The lowest BCUT2D eigenvalue weighted by Crippen LogP contribution is -2.22. The Morgan fingerprint density at radius 3 is 2.48 bits per heavy atom. The molecule has 3 rings (SSSR count). The summed E-state index contributed by atoms with van der Waals surface area (Å²) < 4.78 is 1.64. The third-order valence-corrected chi connectivity index (χ3v) is 3.95. The summed E-state index contributed by atoms with van der Waals surface area (Å²) in [6, 6.07) is 16.1. The van der Waals surface area contributed by atoms with Gasteiger partial charge in [-0.05, 0) is 29.3 Å².